The Morgan fingerprint density at radius 1 is 0.395 bits per heavy atom. The average Bonchev–Trinajstić information content (AvgIpc) is 3.70. The molecule has 7 rings (SSSR count). The van der Waals surface area contributed by atoms with Crippen molar-refractivity contribution < 1.29 is 18.9 Å². The highest BCUT2D eigenvalue weighted by Gasteiger charge is 2.35. The van der Waals surface area contributed by atoms with Crippen molar-refractivity contribution in [3.8, 4) is 23.0 Å². The predicted octanol–water partition coefficient (Wildman–Crippen LogP) is 9.98. The van der Waals surface area contributed by atoms with Gasteiger partial charge in [0, 0.05) is 32.3 Å². The Balaban J connectivity index is 1.67. The third-order valence-electron chi connectivity index (χ3n) is 8.31. The van der Waals surface area contributed by atoms with Gasteiger partial charge in [0.25, 0.3) is 0 Å². The molecule has 0 amide bonds. The second kappa shape index (κ2) is 11.6. The third kappa shape index (κ3) is 4.21. The normalized spacial score (nSPS) is 12.6. The molecule has 0 aliphatic heterocycles. The van der Waals surface area contributed by atoms with Crippen molar-refractivity contribution in [2.24, 2.45) is 0 Å². The first-order valence-electron chi connectivity index (χ1n) is 15.7. The molecule has 3 heterocycles. The number of unbranched alkanes of at least 4 members (excludes halogenated alkanes) is 4. The van der Waals surface area contributed by atoms with Crippen LogP contribution in [0.3, 0.4) is 0 Å². The summed E-state index contributed by atoms with van der Waals surface area (Å²) in [6.45, 7) is 10.9. The molecule has 0 saturated heterocycles. The first-order valence-corrected chi connectivity index (χ1v) is 18.1. The van der Waals surface area contributed by atoms with Crippen molar-refractivity contribution in [3.63, 3.8) is 0 Å². The van der Waals surface area contributed by atoms with Crippen LogP contribution in [0.2, 0.25) is 0 Å². The second-order valence-electron chi connectivity index (χ2n) is 11.3. The quantitative estimate of drug-likeness (QED) is 0.0597. The summed E-state index contributed by atoms with van der Waals surface area (Å²) in [6, 6.07) is 0. The zero-order valence-corrected chi connectivity index (χ0v) is 27.6. The molecular weight excluding hydrogens is 601 g/mol. The Hall–Kier alpha value is -2.88. The predicted molar refractivity (Wildman–Crippen MR) is 184 cm³/mol. The first kappa shape index (κ1) is 28.9. The highest BCUT2D eigenvalue weighted by Crippen LogP contribution is 2.63. The van der Waals surface area contributed by atoms with E-state index in [0.717, 1.165) is 114 Å². The van der Waals surface area contributed by atoms with Crippen molar-refractivity contribution in [1.29, 1.82) is 0 Å². The molecule has 43 heavy (non-hydrogen) atoms. The fourth-order valence-electron chi connectivity index (χ4n) is 6.10. The topological polar surface area (TPSA) is 71.1 Å². The number of ether oxygens (including phenoxy) is 4. The molecule has 6 nitrogen and oxygen atoms in total. The van der Waals surface area contributed by atoms with Crippen LogP contribution in [0.25, 0.3) is 60.5 Å². The summed E-state index contributed by atoms with van der Waals surface area (Å²) in [4.78, 5) is 27.4. The largest absolute Gasteiger partial charge is 0.488 e. The smallest absolute Gasteiger partial charge is 0.244 e. The van der Waals surface area contributed by atoms with E-state index in [-0.39, 0.29) is 0 Å². The van der Waals surface area contributed by atoms with Gasteiger partial charge in [0.05, 0.1) is 54.6 Å². The third-order valence-corrected chi connectivity index (χ3v) is 11.9. The van der Waals surface area contributed by atoms with E-state index in [0.29, 0.717) is 47.3 Å². The number of hydrogen-bond acceptors (Lipinski definition) is 9. The molecule has 226 valence electrons. The van der Waals surface area contributed by atoms with Gasteiger partial charge in [-0.05, 0) is 25.7 Å². The van der Waals surface area contributed by atoms with E-state index in [1.165, 1.54) is 22.7 Å². The average molecular weight is 637 g/mol. The summed E-state index contributed by atoms with van der Waals surface area (Å²) in [7, 11) is 0. The molecule has 3 aromatic heterocycles. The van der Waals surface area contributed by atoms with Crippen LogP contribution in [-0.2, 0) is 0 Å². The lowest BCUT2D eigenvalue weighted by atomic mass is 9.93. The lowest BCUT2D eigenvalue weighted by molar-refractivity contribution is 0.268. The zero-order chi connectivity index (χ0) is 29.8. The number of benzene rings is 4. The van der Waals surface area contributed by atoms with Gasteiger partial charge in [-0.2, -0.15) is 0 Å². The van der Waals surface area contributed by atoms with Crippen LogP contribution in [0, 0.1) is 0 Å². The van der Waals surface area contributed by atoms with E-state index in [1.807, 2.05) is 0 Å². The van der Waals surface area contributed by atoms with Crippen molar-refractivity contribution in [2.45, 2.75) is 79.1 Å². The SMILES string of the molecule is CCCCOc1c(OCCCC)c2sc3c(=O)c(=O)c4sc5c(OCCCC)c(OCCCC)c6sc1c1c6c5c4c3c21. The molecule has 7 aromatic rings. The van der Waals surface area contributed by atoms with Gasteiger partial charge in [0.15, 0.2) is 23.0 Å². The number of hydrogen-bond donors (Lipinski definition) is 0. The molecule has 0 atom stereocenters. The summed E-state index contributed by atoms with van der Waals surface area (Å²) in [5, 5.41) is 6.00. The van der Waals surface area contributed by atoms with Crippen LogP contribution in [0.15, 0.2) is 9.59 Å². The van der Waals surface area contributed by atoms with E-state index in [1.54, 1.807) is 11.3 Å². The first-order chi connectivity index (χ1) is 21.1. The molecule has 0 aliphatic rings. The molecule has 0 spiro atoms. The van der Waals surface area contributed by atoms with Crippen molar-refractivity contribution >= 4 is 94.5 Å². The Bertz CT molecular complexity index is 1990. The maximum Gasteiger partial charge on any atom is 0.244 e. The highest BCUT2D eigenvalue weighted by atomic mass is 32.1. The van der Waals surface area contributed by atoms with Crippen LogP contribution >= 0.6 is 34.0 Å². The molecule has 4 aromatic carbocycles. The van der Waals surface area contributed by atoms with Gasteiger partial charge < -0.3 is 18.9 Å². The van der Waals surface area contributed by atoms with E-state index in [2.05, 4.69) is 27.7 Å². The van der Waals surface area contributed by atoms with Gasteiger partial charge in [0.1, 0.15) is 0 Å². The van der Waals surface area contributed by atoms with Crippen molar-refractivity contribution in [2.75, 3.05) is 26.4 Å². The highest BCUT2D eigenvalue weighted by molar-refractivity contribution is 7.31. The minimum atomic E-state index is -0.431. The van der Waals surface area contributed by atoms with Crippen molar-refractivity contribution in [3.05, 3.63) is 20.4 Å². The van der Waals surface area contributed by atoms with E-state index in [4.69, 9.17) is 18.9 Å². The van der Waals surface area contributed by atoms with Gasteiger partial charge in [-0.25, -0.2) is 0 Å². The second-order valence-corrected chi connectivity index (χ2v) is 14.4. The van der Waals surface area contributed by atoms with Crippen molar-refractivity contribution in [1.82, 2.24) is 0 Å². The molecule has 0 bridgehead atoms. The lowest BCUT2D eigenvalue weighted by Gasteiger charge is -2.17. The van der Waals surface area contributed by atoms with Gasteiger partial charge in [-0.3, -0.25) is 9.59 Å². The lowest BCUT2D eigenvalue weighted by Crippen LogP contribution is -2.22. The number of rotatable bonds is 16. The summed E-state index contributed by atoms with van der Waals surface area (Å²) in [5.74, 6) is 2.88. The minimum Gasteiger partial charge on any atom is -0.488 e. The van der Waals surface area contributed by atoms with Crippen LogP contribution in [-0.4, -0.2) is 26.4 Å². The summed E-state index contributed by atoms with van der Waals surface area (Å²) >= 11 is 4.44. The Morgan fingerprint density at radius 2 is 0.628 bits per heavy atom. The number of thiophene rings is 3. The summed E-state index contributed by atoms with van der Waals surface area (Å²) in [6.07, 6.45) is 7.73. The molecule has 0 unspecified atom stereocenters. The minimum absolute atomic E-state index is 0.431. The van der Waals surface area contributed by atoms with E-state index < -0.39 is 10.9 Å². The Morgan fingerprint density at radius 3 is 0.884 bits per heavy atom. The van der Waals surface area contributed by atoms with Crippen LogP contribution in [0.4, 0.5) is 0 Å². The summed E-state index contributed by atoms with van der Waals surface area (Å²) < 4.78 is 31.1. The molecule has 9 heteroatoms. The molecular formula is C34H36O6S3. The standard InChI is InChI=1S/C34H36O6S3/c1-5-9-13-37-25-27(39-15-11-7-3)33-21-19-17-18-20-22(21)34(43-33)28(40-16-12-8-4)26(38-14-10-6-2)32(20)42-30(18)24(36)23(35)29(17)41-31(19)25/h5-16H2,1-4H3. The maximum atomic E-state index is 13.7. The van der Waals surface area contributed by atoms with Gasteiger partial charge in [-0.15, -0.1) is 34.0 Å². The maximum absolute atomic E-state index is 13.7. The van der Waals surface area contributed by atoms with Crippen LogP contribution in [0.5, 0.6) is 23.0 Å². The Kier molecular flexibility index (Phi) is 7.76. The van der Waals surface area contributed by atoms with Gasteiger partial charge in [-0.1, -0.05) is 53.4 Å². The fourth-order valence-corrected chi connectivity index (χ4v) is 9.90. The van der Waals surface area contributed by atoms with Gasteiger partial charge in [0.2, 0.25) is 10.9 Å². The monoisotopic (exact) mass is 636 g/mol. The Labute approximate surface area is 261 Å². The van der Waals surface area contributed by atoms with Crippen LogP contribution in [0.1, 0.15) is 79.1 Å². The molecule has 0 fully saturated rings. The molecule has 0 radical (unpaired) electrons. The zero-order valence-electron chi connectivity index (χ0n) is 25.2. The summed E-state index contributed by atoms with van der Waals surface area (Å²) in [5.41, 5.74) is -0.863. The fraction of sp³-hybridized carbons (Fsp3) is 0.471. The van der Waals surface area contributed by atoms with Crippen LogP contribution < -0.4 is 29.8 Å². The van der Waals surface area contributed by atoms with E-state index in [9.17, 15) is 9.59 Å². The molecule has 0 N–H and O–H groups in total. The van der Waals surface area contributed by atoms with E-state index >= 15 is 0 Å². The molecule has 0 saturated carbocycles. The molecule has 0 aliphatic carbocycles. The van der Waals surface area contributed by atoms with Gasteiger partial charge >= 0.3 is 0 Å².